The molecule has 0 spiro atoms. The van der Waals surface area contributed by atoms with Gasteiger partial charge in [-0.3, -0.25) is 14.5 Å². The van der Waals surface area contributed by atoms with Crippen molar-refractivity contribution < 1.29 is 18.8 Å². The van der Waals surface area contributed by atoms with Gasteiger partial charge in [0.25, 0.3) is 5.91 Å². The molecule has 0 unspecified atom stereocenters. The fourth-order valence-electron chi connectivity index (χ4n) is 4.32. The summed E-state index contributed by atoms with van der Waals surface area (Å²) in [6.07, 6.45) is 0. The monoisotopic (exact) mass is 382 g/mol. The number of urea groups is 1. The van der Waals surface area contributed by atoms with Gasteiger partial charge in [-0.1, -0.05) is 6.07 Å². The van der Waals surface area contributed by atoms with Crippen molar-refractivity contribution in [3.8, 4) is 0 Å². The Morgan fingerprint density at radius 1 is 1.11 bits per heavy atom. The molecule has 2 aromatic rings. The maximum absolute atomic E-state index is 13.2. The van der Waals surface area contributed by atoms with Gasteiger partial charge in [-0.15, -0.1) is 0 Å². The van der Waals surface area contributed by atoms with E-state index in [1.807, 2.05) is 26.8 Å². The van der Waals surface area contributed by atoms with Crippen LogP contribution in [0.5, 0.6) is 0 Å². The number of furan rings is 1. The van der Waals surface area contributed by atoms with Crippen molar-refractivity contribution in [2.45, 2.75) is 60.5 Å². The molecule has 2 heterocycles. The Labute approximate surface area is 164 Å². The zero-order valence-corrected chi connectivity index (χ0v) is 17.4. The van der Waals surface area contributed by atoms with E-state index in [1.165, 1.54) is 11.8 Å². The molecule has 1 aromatic carbocycles. The van der Waals surface area contributed by atoms with Gasteiger partial charge in [0.2, 0.25) is 0 Å². The van der Waals surface area contributed by atoms with Crippen molar-refractivity contribution >= 4 is 17.7 Å². The van der Waals surface area contributed by atoms with Gasteiger partial charge in [0.15, 0.2) is 5.78 Å². The predicted octanol–water partition coefficient (Wildman–Crippen LogP) is 3.99. The largest absolute Gasteiger partial charge is 0.466 e. The molecule has 1 aliphatic rings. The number of amides is 3. The summed E-state index contributed by atoms with van der Waals surface area (Å²) in [7, 11) is 0. The molecule has 28 heavy (non-hydrogen) atoms. The van der Waals surface area contributed by atoms with Crippen molar-refractivity contribution in [3.05, 3.63) is 57.0 Å². The van der Waals surface area contributed by atoms with Gasteiger partial charge in [0, 0.05) is 11.1 Å². The normalized spacial score (nSPS) is 19.3. The van der Waals surface area contributed by atoms with Crippen LogP contribution in [0.25, 0.3) is 0 Å². The number of aryl methyl sites for hydroxylation is 4. The second-order valence-corrected chi connectivity index (χ2v) is 7.82. The number of rotatable bonds is 4. The van der Waals surface area contributed by atoms with Crippen LogP contribution in [0, 0.1) is 34.6 Å². The Morgan fingerprint density at radius 2 is 1.75 bits per heavy atom. The van der Waals surface area contributed by atoms with Gasteiger partial charge in [-0.25, -0.2) is 4.79 Å². The molecule has 0 bridgehead atoms. The molecular weight excluding hydrogens is 356 g/mol. The van der Waals surface area contributed by atoms with E-state index in [-0.39, 0.29) is 18.2 Å². The molecule has 1 fully saturated rings. The van der Waals surface area contributed by atoms with E-state index in [0.717, 1.165) is 22.3 Å². The topological polar surface area (TPSA) is 79.6 Å². The second-order valence-electron chi connectivity index (χ2n) is 7.82. The first kappa shape index (κ1) is 19.9. The minimum Gasteiger partial charge on any atom is -0.466 e. The Hall–Kier alpha value is -2.89. The number of Topliss-reactive ketones (excluding diaryl/α,β-unsaturated/α-hetero) is 1. The number of hydrogen-bond donors (Lipinski definition) is 1. The average molecular weight is 382 g/mol. The Bertz CT molecular complexity index is 1020. The van der Waals surface area contributed by atoms with E-state index in [1.54, 1.807) is 26.8 Å². The maximum atomic E-state index is 13.2. The van der Waals surface area contributed by atoms with E-state index >= 15 is 0 Å². The Kier molecular flexibility index (Phi) is 4.69. The molecule has 1 saturated heterocycles. The van der Waals surface area contributed by atoms with Gasteiger partial charge in [-0.2, -0.15) is 0 Å². The van der Waals surface area contributed by atoms with E-state index < -0.39 is 11.6 Å². The summed E-state index contributed by atoms with van der Waals surface area (Å²) >= 11 is 0. The fourth-order valence-corrected chi connectivity index (χ4v) is 4.32. The average Bonchev–Trinajstić information content (AvgIpc) is 3.01. The van der Waals surface area contributed by atoms with Crippen LogP contribution in [-0.2, 0) is 16.9 Å². The molecule has 1 atom stereocenters. The SMILES string of the molecule is CC(=O)c1c(C)cc(C)c(CN2C(=O)N[C@](C)(c3cc(C)oc3C)C2=O)c1C. The summed E-state index contributed by atoms with van der Waals surface area (Å²) in [6.45, 7) is 12.6. The summed E-state index contributed by atoms with van der Waals surface area (Å²) in [4.78, 5) is 39.2. The van der Waals surface area contributed by atoms with Crippen molar-refractivity contribution in [2.75, 3.05) is 0 Å². The maximum Gasteiger partial charge on any atom is 0.325 e. The lowest BCUT2D eigenvalue weighted by atomic mass is 9.90. The molecule has 1 aromatic heterocycles. The third-order valence-electron chi connectivity index (χ3n) is 5.65. The van der Waals surface area contributed by atoms with Crippen LogP contribution in [0.4, 0.5) is 4.79 Å². The van der Waals surface area contributed by atoms with Crippen LogP contribution < -0.4 is 5.32 Å². The molecule has 0 saturated carbocycles. The number of carbonyl (C=O) groups excluding carboxylic acids is 3. The first-order valence-corrected chi connectivity index (χ1v) is 9.29. The molecule has 6 nitrogen and oxygen atoms in total. The van der Waals surface area contributed by atoms with Gasteiger partial charge in [0.05, 0.1) is 6.54 Å². The molecule has 148 valence electrons. The minimum atomic E-state index is -1.17. The van der Waals surface area contributed by atoms with E-state index in [2.05, 4.69) is 5.32 Å². The van der Waals surface area contributed by atoms with Crippen LogP contribution in [-0.4, -0.2) is 22.6 Å². The van der Waals surface area contributed by atoms with Gasteiger partial charge in [0.1, 0.15) is 17.1 Å². The van der Waals surface area contributed by atoms with Crippen LogP contribution in [0.15, 0.2) is 16.5 Å². The molecule has 3 rings (SSSR count). The van der Waals surface area contributed by atoms with Crippen LogP contribution in [0.1, 0.15) is 63.5 Å². The number of benzene rings is 1. The third-order valence-corrected chi connectivity index (χ3v) is 5.65. The van der Waals surface area contributed by atoms with Crippen molar-refractivity contribution in [1.82, 2.24) is 10.2 Å². The van der Waals surface area contributed by atoms with Crippen molar-refractivity contribution in [3.63, 3.8) is 0 Å². The summed E-state index contributed by atoms with van der Waals surface area (Å²) in [5.74, 6) is 0.940. The molecule has 1 aliphatic heterocycles. The smallest absolute Gasteiger partial charge is 0.325 e. The highest BCUT2D eigenvalue weighted by molar-refractivity contribution is 6.07. The highest BCUT2D eigenvalue weighted by atomic mass is 16.3. The fraction of sp³-hybridized carbons (Fsp3) is 0.409. The second kappa shape index (κ2) is 6.62. The zero-order valence-electron chi connectivity index (χ0n) is 17.4. The molecule has 0 aliphatic carbocycles. The first-order chi connectivity index (χ1) is 13.0. The highest BCUT2D eigenvalue weighted by Crippen LogP contribution is 2.34. The lowest BCUT2D eigenvalue weighted by Gasteiger charge is -2.22. The Balaban J connectivity index is 2.02. The zero-order chi connectivity index (χ0) is 21.0. The summed E-state index contributed by atoms with van der Waals surface area (Å²) in [6, 6.07) is 3.27. The molecular formula is C22H26N2O4. The van der Waals surface area contributed by atoms with Crippen molar-refractivity contribution in [2.24, 2.45) is 0 Å². The van der Waals surface area contributed by atoms with Gasteiger partial charge in [-0.05, 0) is 76.8 Å². The van der Waals surface area contributed by atoms with E-state index in [0.29, 0.717) is 22.6 Å². The summed E-state index contributed by atoms with van der Waals surface area (Å²) < 4.78 is 5.56. The predicted molar refractivity (Wildman–Crippen MR) is 105 cm³/mol. The van der Waals surface area contributed by atoms with E-state index in [4.69, 9.17) is 4.42 Å². The van der Waals surface area contributed by atoms with Crippen LogP contribution >= 0.6 is 0 Å². The minimum absolute atomic E-state index is 0.0252. The lowest BCUT2D eigenvalue weighted by molar-refractivity contribution is -0.131. The van der Waals surface area contributed by atoms with E-state index in [9.17, 15) is 14.4 Å². The highest BCUT2D eigenvalue weighted by Gasteiger charge is 2.50. The molecule has 6 heteroatoms. The summed E-state index contributed by atoms with van der Waals surface area (Å²) in [5.41, 5.74) is 3.62. The van der Waals surface area contributed by atoms with Crippen LogP contribution in [0.2, 0.25) is 0 Å². The van der Waals surface area contributed by atoms with Gasteiger partial charge < -0.3 is 9.73 Å². The standard InChI is InChI=1S/C22H26N2O4/c1-11-8-12(2)19(15(5)25)14(4)17(11)10-24-20(26)22(7,23-21(24)27)18-9-13(3)28-16(18)6/h8-9H,10H2,1-7H3,(H,23,27)/t22-/m1/s1. The van der Waals surface area contributed by atoms with Crippen molar-refractivity contribution in [1.29, 1.82) is 0 Å². The Morgan fingerprint density at radius 3 is 2.29 bits per heavy atom. The van der Waals surface area contributed by atoms with Gasteiger partial charge >= 0.3 is 6.03 Å². The molecule has 0 radical (unpaired) electrons. The molecule has 1 N–H and O–H groups in total. The molecule has 3 amide bonds. The number of hydrogen-bond acceptors (Lipinski definition) is 4. The number of carbonyl (C=O) groups is 3. The number of nitrogens with zero attached hydrogens (tertiary/aromatic N) is 1. The third kappa shape index (κ3) is 2.93. The first-order valence-electron chi connectivity index (χ1n) is 9.29. The lowest BCUT2D eigenvalue weighted by Crippen LogP contribution is -2.41. The quantitative estimate of drug-likeness (QED) is 0.640. The number of ketones is 1. The van der Waals surface area contributed by atoms with Crippen LogP contribution in [0.3, 0.4) is 0 Å². The number of nitrogens with one attached hydrogen (secondary N) is 1. The number of imide groups is 1. The summed E-state index contributed by atoms with van der Waals surface area (Å²) in [5, 5.41) is 2.82.